The van der Waals surface area contributed by atoms with Crippen molar-refractivity contribution in [1.82, 2.24) is 24.7 Å². The molecule has 4 rings (SSSR count). The molecule has 8 nitrogen and oxygen atoms in total. The number of hydrogen-bond donors (Lipinski definition) is 3. The number of nitrogens with one attached hydrogen (secondary N) is 2. The van der Waals surface area contributed by atoms with Crippen molar-refractivity contribution >= 4 is 51.6 Å². The second-order valence-electron chi connectivity index (χ2n) is 7.32. The summed E-state index contributed by atoms with van der Waals surface area (Å²) in [5.41, 5.74) is 0.460. The highest BCUT2D eigenvalue weighted by atomic mass is 35.5. The van der Waals surface area contributed by atoms with E-state index in [0.717, 1.165) is 10.9 Å². The minimum Gasteiger partial charge on any atom is -0.389 e. The van der Waals surface area contributed by atoms with Crippen LogP contribution in [0.1, 0.15) is 13.8 Å². The highest BCUT2D eigenvalue weighted by Gasteiger charge is 2.15. The largest absolute Gasteiger partial charge is 0.389 e. The van der Waals surface area contributed by atoms with Crippen molar-refractivity contribution in [3.63, 3.8) is 0 Å². The highest BCUT2D eigenvalue weighted by molar-refractivity contribution is 6.37. The van der Waals surface area contributed by atoms with E-state index in [-0.39, 0.29) is 0 Å². The Morgan fingerprint density at radius 2 is 1.80 bits per heavy atom. The van der Waals surface area contributed by atoms with Gasteiger partial charge in [0.05, 0.1) is 26.5 Å². The highest BCUT2D eigenvalue weighted by Crippen LogP contribution is 2.31. The van der Waals surface area contributed by atoms with Crippen LogP contribution in [0.15, 0.2) is 49.1 Å². The number of benzene rings is 1. The minimum atomic E-state index is -0.861. The summed E-state index contributed by atoms with van der Waals surface area (Å²) in [6.07, 6.45) is 4.90. The van der Waals surface area contributed by atoms with E-state index in [9.17, 15) is 5.11 Å². The summed E-state index contributed by atoms with van der Waals surface area (Å²) in [6.45, 7) is 3.78. The molecule has 0 aliphatic rings. The molecule has 3 heterocycles. The summed E-state index contributed by atoms with van der Waals surface area (Å²) in [5, 5.41) is 22.5. The standard InChI is InChI=1S/C20H19Cl2N7O/c1-20(2,30)10-24-16-8-17(26-11-25-16)27-19-12-9-29(28-15(12)6-7-23-19)18-13(21)4-3-5-14(18)22/h3-9,11,30H,10H2,1-2H3,(H2,23,24,25,26,27). The number of rotatable bonds is 6. The number of halogens is 2. The van der Waals surface area contributed by atoms with Gasteiger partial charge in [-0.05, 0) is 32.0 Å². The lowest BCUT2D eigenvalue weighted by Gasteiger charge is -2.18. The Balaban J connectivity index is 1.65. The molecule has 0 atom stereocenters. The Labute approximate surface area is 182 Å². The van der Waals surface area contributed by atoms with Crippen LogP contribution in [0.4, 0.5) is 17.5 Å². The van der Waals surface area contributed by atoms with Crippen LogP contribution in [0, 0.1) is 0 Å². The predicted molar refractivity (Wildman–Crippen MR) is 119 cm³/mol. The van der Waals surface area contributed by atoms with Gasteiger partial charge in [0, 0.05) is 25.0 Å². The molecular weight excluding hydrogens is 425 g/mol. The van der Waals surface area contributed by atoms with Crippen LogP contribution < -0.4 is 10.6 Å². The maximum Gasteiger partial charge on any atom is 0.142 e. The Hall–Kier alpha value is -2.94. The number of nitrogens with zero attached hydrogens (tertiary/aromatic N) is 5. The zero-order valence-electron chi connectivity index (χ0n) is 16.3. The van der Waals surface area contributed by atoms with Crippen molar-refractivity contribution in [3.8, 4) is 5.69 Å². The number of aliphatic hydroxyl groups is 1. The quantitative estimate of drug-likeness (QED) is 0.404. The van der Waals surface area contributed by atoms with E-state index < -0.39 is 5.60 Å². The third-order valence-electron chi connectivity index (χ3n) is 4.22. The van der Waals surface area contributed by atoms with Crippen molar-refractivity contribution in [3.05, 3.63) is 59.1 Å². The van der Waals surface area contributed by atoms with Crippen LogP contribution in [0.5, 0.6) is 0 Å². The number of fused-ring (bicyclic) bond motifs is 1. The van der Waals surface area contributed by atoms with Gasteiger partial charge in [-0.15, -0.1) is 0 Å². The SMILES string of the molecule is CC(C)(O)CNc1cc(Nc2nccc3nn(-c4c(Cl)cccc4Cl)cc23)ncn1. The van der Waals surface area contributed by atoms with Crippen molar-refractivity contribution < 1.29 is 5.11 Å². The maximum absolute atomic E-state index is 9.88. The summed E-state index contributed by atoms with van der Waals surface area (Å²) in [6, 6.07) is 8.84. The van der Waals surface area contributed by atoms with Gasteiger partial charge in [0.1, 0.15) is 29.5 Å². The molecule has 0 amide bonds. The van der Waals surface area contributed by atoms with Gasteiger partial charge in [-0.25, -0.2) is 19.6 Å². The van der Waals surface area contributed by atoms with Crippen LogP contribution in [-0.4, -0.2) is 42.0 Å². The van der Waals surface area contributed by atoms with Crippen LogP contribution in [0.25, 0.3) is 16.6 Å². The van der Waals surface area contributed by atoms with Crippen LogP contribution >= 0.6 is 23.2 Å². The minimum absolute atomic E-state index is 0.350. The van der Waals surface area contributed by atoms with Crippen LogP contribution in [-0.2, 0) is 0 Å². The van der Waals surface area contributed by atoms with E-state index >= 15 is 0 Å². The van der Waals surface area contributed by atoms with Gasteiger partial charge >= 0.3 is 0 Å². The van der Waals surface area contributed by atoms with Crippen molar-refractivity contribution in [2.24, 2.45) is 0 Å². The molecule has 0 saturated heterocycles. The molecule has 0 spiro atoms. The molecule has 30 heavy (non-hydrogen) atoms. The summed E-state index contributed by atoms with van der Waals surface area (Å²) in [4.78, 5) is 12.8. The molecule has 0 saturated carbocycles. The molecule has 1 aromatic carbocycles. The Morgan fingerprint density at radius 3 is 2.53 bits per heavy atom. The van der Waals surface area contributed by atoms with E-state index in [1.165, 1.54) is 6.33 Å². The number of hydrogen-bond acceptors (Lipinski definition) is 7. The first-order valence-corrected chi connectivity index (χ1v) is 9.90. The number of para-hydroxylation sites is 1. The van der Waals surface area contributed by atoms with E-state index in [0.29, 0.717) is 39.7 Å². The second kappa shape index (κ2) is 8.06. The fourth-order valence-electron chi connectivity index (χ4n) is 2.82. The third kappa shape index (κ3) is 4.46. The first-order chi connectivity index (χ1) is 14.3. The lowest BCUT2D eigenvalue weighted by atomic mass is 10.1. The second-order valence-corrected chi connectivity index (χ2v) is 8.13. The average molecular weight is 444 g/mol. The molecule has 154 valence electrons. The summed E-state index contributed by atoms with van der Waals surface area (Å²) in [7, 11) is 0. The summed E-state index contributed by atoms with van der Waals surface area (Å²) < 4.78 is 1.64. The fourth-order valence-corrected chi connectivity index (χ4v) is 3.39. The first kappa shape index (κ1) is 20.3. The van der Waals surface area contributed by atoms with Crippen LogP contribution in [0.2, 0.25) is 10.0 Å². The van der Waals surface area contributed by atoms with E-state index in [1.807, 2.05) is 6.20 Å². The fraction of sp³-hybridized carbons (Fsp3) is 0.200. The average Bonchev–Trinajstić information content (AvgIpc) is 3.11. The van der Waals surface area contributed by atoms with Gasteiger partial charge in [0.25, 0.3) is 0 Å². The van der Waals surface area contributed by atoms with Gasteiger partial charge in [-0.1, -0.05) is 29.3 Å². The molecule has 0 unspecified atom stereocenters. The van der Waals surface area contributed by atoms with Gasteiger partial charge in [-0.3, -0.25) is 0 Å². The smallest absolute Gasteiger partial charge is 0.142 e. The van der Waals surface area contributed by atoms with E-state index in [4.69, 9.17) is 23.2 Å². The predicted octanol–water partition coefficient (Wildman–Crippen LogP) is 4.44. The summed E-state index contributed by atoms with van der Waals surface area (Å²) in [5.74, 6) is 1.71. The Kier molecular flexibility index (Phi) is 5.46. The van der Waals surface area contributed by atoms with Crippen molar-refractivity contribution in [2.75, 3.05) is 17.2 Å². The van der Waals surface area contributed by atoms with Gasteiger partial charge in [0.15, 0.2) is 0 Å². The normalized spacial score (nSPS) is 11.6. The molecule has 3 aromatic heterocycles. The molecule has 0 bridgehead atoms. The third-order valence-corrected chi connectivity index (χ3v) is 4.83. The lowest BCUT2D eigenvalue weighted by Crippen LogP contribution is -2.29. The van der Waals surface area contributed by atoms with Gasteiger partial charge in [0.2, 0.25) is 0 Å². The molecule has 4 aromatic rings. The molecule has 0 radical (unpaired) electrons. The van der Waals surface area contributed by atoms with Gasteiger partial charge < -0.3 is 15.7 Å². The summed E-state index contributed by atoms with van der Waals surface area (Å²) >= 11 is 12.6. The molecule has 0 aliphatic carbocycles. The molecule has 0 fully saturated rings. The number of aromatic nitrogens is 5. The zero-order valence-corrected chi connectivity index (χ0v) is 17.8. The number of anilines is 3. The molecular formula is C20H19Cl2N7O. The monoisotopic (exact) mass is 443 g/mol. The topological polar surface area (TPSA) is 101 Å². The Morgan fingerprint density at radius 1 is 1.07 bits per heavy atom. The lowest BCUT2D eigenvalue weighted by molar-refractivity contribution is 0.0944. The number of pyridine rings is 1. The van der Waals surface area contributed by atoms with E-state index in [1.54, 1.807) is 55.1 Å². The zero-order chi connectivity index (χ0) is 21.3. The maximum atomic E-state index is 9.88. The Bertz CT molecular complexity index is 1180. The van der Waals surface area contributed by atoms with Crippen molar-refractivity contribution in [2.45, 2.75) is 19.4 Å². The molecule has 3 N–H and O–H groups in total. The van der Waals surface area contributed by atoms with Crippen molar-refractivity contribution in [1.29, 1.82) is 0 Å². The van der Waals surface area contributed by atoms with Gasteiger partial charge in [-0.2, -0.15) is 5.10 Å². The first-order valence-electron chi connectivity index (χ1n) is 9.14. The molecule has 10 heteroatoms. The van der Waals surface area contributed by atoms with E-state index in [2.05, 4.69) is 30.7 Å². The van der Waals surface area contributed by atoms with Crippen LogP contribution in [0.3, 0.4) is 0 Å². The molecule has 0 aliphatic heterocycles.